The van der Waals surface area contributed by atoms with Gasteiger partial charge in [0.1, 0.15) is 0 Å². The van der Waals surface area contributed by atoms with Crippen molar-refractivity contribution in [1.29, 1.82) is 0 Å². The second kappa shape index (κ2) is 2.75. The highest BCUT2D eigenvalue weighted by molar-refractivity contribution is 7.08. The van der Waals surface area contributed by atoms with Crippen LogP contribution in [-0.4, -0.2) is 0 Å². The van der Waals surface area contributed by atoms with Crippen LogP contribution in [0.3, 0.4) is 0 Å². The third kappa shape index (κ3) is 1.40. The molecule has 0 amide bonds. The quantitative estimate of drug-likeness (QED) is 0.612. The summed E-state index contributed by atoms with van der Waals surface area (Å²) in [7, 11) is 0. The Hall–Kier alpha value is -0.300. The van der Waals surface area contributed by atoms with Crippen LogP contribution in [0.4, 0.5) is 0 Å². The van der Waals surface area contributed by atoms with Crippen molar-refractivity contribution in [2.24, 2.45) is 0 Å². The zero-order valence-electron chi connectivity index (χ0n) is 6.85. The van der Waals surface area contributed by atoms with E-state index in [1.807, 2.05) is 0 Å². The van der Waals surface area contributed by atoms with E-state index in [4.69, 9.17) is 0 Å². The Morgan fingerprint density at radius 2 is 2.20 bits per heavy atom. The molecule has 0 nitrogen and oxygen atoms in total. The summed E-state index contributed by atoms with van der Waals surface area (Å²) in [4.78, 5) is 0. The average Bonchev–Trinajstić information content (AvgIpc) is 2.38. The molecule has 1 heteroatoms. The van der Waals surface area contributed by atoms with Gasteiger partial charge in [-0.2, -0.15) is 11.3 Å². The van der Waals surface area contributed by atoms with Crippen LogP contribution in [0.1, 0.15) is 32.8 Å². The van der Waals surface area contributed by atoms with Gasteiger partial charge >= 0.3 is 0 Å². The van der Waals surface area contributed by atoms with Crippen molar-refractivity contribution in [1.82, 2.24) is 0 Å². The predicted molar refractivity (Wildman–Crippen MR) is 47.6 cm³/mol. The first-order valence-corrected chi connectivity index (χ1v) is 4.64. The molecule has 0 N–H and O–H groups in total. The molecular weight excluding hydrogens is 140 g/mol. The first kappa shape index (κ1) is 7.80. The number of thiophene rings is 1. The van der Waals surface area contributed by atoms with Crippen LogP contribution in [0.15, 0.2) is 16.8 Å². The van der Waals surface area contributed by atoms with Crippen LogP contribution >= 0.6 is 11.3 Å². The van der Waals surface area contributed by atoms with Crippen molar-refractivity contribution in [3.63, 3.8) is 0 Å². The van der Waals surface area contributed by atoms with Gasteiger partial charge in [-0.25, -0.2) is 0 Å². The molecule has 56 valence electrons. The first-order valence-electron chi connectivity index (χ1n) is 3.69. The molecule has 0 aliphatic rings. The van der Waals surface area contributed by atoms with Gasteiger partial charge in [0.2, 0.25) is 0 Å². The molecule has 0 aliphatic carbocycles. The Bertz CT molecular complexity index is 185. The molecule has 10 heavy (non-hydrogen) atoms. The normalized spacial score (nSPS) is 11.9. The smallest absolute Gasteiger partial charge is 0.00558 e. The van der Waals surface area contributed by atoms with Gasteiger partial charge in [-0.15, -0.1) is 0 Å². The average molecular weight is 154 g/mol. The maximum Gasteiger partial charge on any atom is -0.00558 e. The molecule has 0 saturated carbocycles. The molecule has 0 atom stereocenters. The summed E-state index contributed by atoms with van der Waals surface area (Å²) in [6, 6.07) is 2.22. The van der Waals surface area contributed by atoms with Crippen LogP contribution in [-0.2, 0) is 5.41 Å². The van der Waals surface area contributed by atoms with Crippen LogP contribution in [0, 0.1) is 0 Å². The third-order valence-electron chi connectivity index (χ3n) is 2.19. The van der Waals surface area contributed by atoms with Crippen molar-refractivity contribution in [2.45, 2.75) is 32.6 Å². The minimum atomic E-state index is 0.375. The highest BCUT2D eigenvalue weighted by Crippen LogP contribution is 2.27. The second-order valence-corrected chi connectivity index (χ2v) is 4.03. The van der Waals surface area contributed by atoms with E-state index in [-0.39, 0.29) is 0 Å². The van der Waals surface area contributed by atoms with Crippen LogP contribution in [0.5, 0.6) is 0 Å². The standard InChI is InChI=1S/C9H14S/c1-4-9(2,3)8-5-6-10-7-8/h5-7H,4H2,1-3H3. The van der Waals surface area contributed by atoms with Crippen molar-refractivity contribution in [3.8, 4) is 0 Å². The summed E-state index contributed by atoms with van der Waals surface area (Å²) < 4.78 is 0. The SMILES string of the molecule is CCC(C)(C)c1ccsc1. The second-order valence-electron chi connectivity index (χ2n) is 3.25. The summed E-state index contributed by atoms with van der Waals surface area (Å²) in [6.45, 7) is 6.81. The third-order valence-corrected chi connectivity index (χ3v) is 2.87. The molecule has 0 bridgehead atoms. The van der Waals surface area contributed by atoms with Crippen LogP contribution in [0.2, 0.25) is 0 Å². The van der Waals surface area contributed by atoms with Gasteiger partial charge in [0.25, 0.3) is 0 Å². The fourth-order valence-electron chi connectivity index (χ4n) is 0.854. The molecule has 1 rings (SSSR count). The van der Waals surface area contributed by atoms with E-state index < -0.39 is 0 Å². The number of hydrogen-bond acceptors (Lipinski definition) is 1. The molecule has 1 heterocycles. The van der Waals surface area contributed by atoms with Crippen molar-refractivity contribution >= 4 is 11.3 Å². The lowest BCUT2D eigenvalue weighted by Gasteiger charge is -2.20. The van der Waals surface area contributed by atoms with Gasteiger partial charge in [0.05, 0.1) is 0 Å². The van der Waals surface area contributed by atoms with Crippen molar-refractivity contribution < 1.29 is 0 Å². The minimum Gasteiger partial charge on any atom is -0.152 e. The molecule has 1 aromatic rings. The largest absolute Gasteiger partial charge is 0.152 e. The Morgan fingerprint density at radius 3 is 2.60 bits per heavy atom. The van der Waals surface area contributed by atoms with Crippen molar-refractivity contribution in [3.05, 3.63) is 22.4 Å². The molecule has 0 spiro atoms. The molecule has 1 aromatic heterocycles. The molecule has 0 saturated heterocycles. The minimum absolute atomic E-state index is 0.375. The van der Waals surface area contributed by atoms with E-state index in [1.165, 1.54) is 12.0 Å². The topological polar surface area (TPSA) is 0 Å². The Morgan fingerprint density at radius 1 is 1.50 bits per heavy atom. The van der Waals surface area contributed by atoms with E-state index in [1.54, 1.807) is 11.3 Å². The van der Waals surface area contributed by atoms with Gasteiger partial charge in [0, 0.05) is 0 Å². The van der Waals surface area contributed by atoms with Gasteiger partial charge in [-0.3, -0.25) is 0 Å². The van der Waals surface area contributed by atoms with E-state index in [0.29, 0.717) is 5.41 Å². The number of hydrogen-bond donors (Lipinski definition) is 0. The highest BCUT2D eigenvalue weighted by atomic mass is 32.1. The Balaban J connectivity index is 2.85. The van der Waals surface area contributed by atoms with Gasteiger partial charge < -0.3 is 0 Å². The van der Waals surface area contributed by atoms with Crippen molar-refractivity contribution in [2.75, 3.05) is 0 Å². The van der Waals surface area contributed by atoms with Gasteiger partial charge in [-0.1, -0.05) is 20.8 Å². The van der Waals surface area contributed by atoms with E-state index >= 15 is 0 Å². The van der Waals surface area contributed by atoms with Crippen LogP contribution < -0.4 is 0 Å². The molecular formula is C9H14S. The molecule has 0 radical (unpaired) electrons. The first-order chi connectivity index (χ1) is 4.67. The van der Waals surface area contributed by atoms with E-state index in [0.717, 1.165) is 0 Å². The summed E-state index contributed by atoms with van der Waals surface area (Å²) in [5.41, 5.74) is 1.85. The Labute approximate surface area is 66.9 Å². The molecule has 0 unspecified atom stereocenters. The number of rotatable bonds is 2. The molecule has 0 aromatic carbocycles. The van der Waals surface area contributed by atoms with E-state index in [2.05, 4.69) is 37.6 Å². The fraction of sp³-hybridized carbons (Fsp3) is 0.556. The summed E-state index contributed by atoms with van der Waals surface area (Å²) in [5, 5.41) is 4.39. The maximum atomic E-state index is 2.29. The maximum absolute atomic E-state index is 2.29. The summed E-state index contributed by atoms with van der Waals surface area (Å²) in [6.07, 6.45) is 1.21. The summed E-state index contributed by atoms with van der Waals surface area (Å²) in [5.74, 6) is 0. The van der Waals surface area contributed by atoms with E-state index in [9.17, 15) is 0 Å². The zero-order chi connectivity index (χ0) is 7.61. The Kier molecular flexibility index (Phi) is 2.14. The highest BCUT2D eigenvalue weighted by Gasteiger charge is 2.17. The lowest BCUT2D eigenvalue weighted by atomic mass is 9.84. The summed E-state index contributed by atoms with van der Waals surface area (Å²) >= 11 is 1.78. The zero-order valence-corrected chi connectivity index (χ0v) is 7.66. The van der Waals surface area contributed by atoms with Gasteiger partial charge in [-0.05, 0) is 34.2 Å². The lowest BCUT2D eigenvalue weighted by Crippen LogP contribution is -2.13. The molecule has 0 aliphatic heterocycles. The predicted octanol–water partition coefficient (Wildman–Crippen LogP) is 3.44. The monoisotopic (exact) mass is 154 g/mol. The lowest BCUT2D eigenvalue weighted by molar-refractivity contribution is 0.508. The molecule has 0 fully saturated rings. The fourth-order valence-corrected chi connectivity index (χ4v) is 1.70. The van der Waals surface area contributed by atoms with Crippen LogP contribution in [0.25, 0.3) is 0 Å². The van der Waals surface area contributed by atoms with Gasteiger partial charge in [0.15, 0.2) is 0 Å².